The number of rotatable bonds is 7. The highest BCUT2D eigenvalue weighted by Crippen LogP contribution is 2.29. The summed E-state index contributed by atoms with van der Waals surface area (Å²) in [5.41, 5.74) is 0.916. The molecule has 0 spiro atoms. The quantitative estimate of drug-likeness (QED) is 0.565. The van der Waals surface area contributed by atoms with Gasteiger partial charge in [0.1, 0.15) is 10.6 Å². The van der Waals surface area contributed by atoms with Crippen molar-refractivity contribution in [2.24, 2.45) is 0 Å². The van der Waals surface area contributed by atoms with Crippen LogP contribution in [0, 0.1) is 0 Å². The Morgan fingerprint density at radius 2 is 2.17 bits per heavy atom. The molecule has 0 radical (unpaired) electrons. The first-order valence-electron chi connectivity index (χ1n) is 10.6. The average Bonchev–Trinajstić information content (AvgIpc) is 3.17. The van der Waals surface area contributed by atoms with Crippen LogP contribution in [0.15, 0.2) is 30.3 Å². The van der Waals surface area contributed by atoms with E-state index in [2.05, 4.69) is 23.2 Å². The highest BCUT2D eigenvalue weighted by molar-refractivity contribution is 7.20. The van der Waals surface area contributed by atoms with Crippen molar-refractivity contribution in [2.45, 2.75) is 45.1 Å². The van der Waals surface area contributed by atoms with Crippen molar-refractivity contribution in [2.75, 3.05) is 26.7 Å². The van der Waals surface area contributed by atoms with Crippen molar-refractivity contribution >= 4 is 38.4 Å². The SMILES string of the molecule is CCC1CCCCN1CCCNC(=O)c1cc2cc3cc(OC)ccc3nc2s1. The number of hydrogen-bond donors (Lipinski definition) is 1. The third-order valence-electron chi connectivity index (χ3n) is 5.86. The molecule has 1 unspecified atom stereocenters. The van der Waals surface area contributed by atoms with Crippen LogP contribution in [0.1, 0.15) is 48.7 Å². The van der Waals surface area contributed by atoms with Gasteiger partial charge in [0.25, 0.3) is 5.91 Å². The molecule has 0 aliphatic carbocycles. The van der Waals surface area contributed by atoms with Gasteiger partial charge in [0.2, 0.25) is 0 Å². The zero-order chi connectivity index (χ0) is 20.2. The number of pyridine rings is 1. The number of ether oxygens (including phenoxy) is 1. The Hall–Kier alpha value is -2.18. The predicted octanol–water partition coefficient (Wildman–Crippen LogP) is 4.84. The van der Waals surface area contributed by atoms with E-state index in [4.69, 9.17) is 9.72 Å². The second-order valence-corrected chi connectivity index (χ2v) is 8.79. The second kappa shape index (κ2) is 9.09. The first-order valence-corrected chi connectivity index (χ1v) is 11.4. The smallest absolute Gasteiger partial charge is 0.261 e. The summed E-state index contributed by atoms with van der Waals surface area (Å²) in [6.45, 7) is 5.26. The lowest BCUT2D eigenvalue weighted by Crippen LogP contribution is -2.40. The highest BCUT2D eigenvalue weighted by atomic mass is 32.1. The zero-order valence-corrected chi connectivity index (χ0v) is 18.1. The van der Waals surface area contributed by atoms with Gasteiger partial charge in [-0.2, -0.15) is 0 Å². The Labute approximate surface area is 176 Å². The fourth-order valence-electron chi connectivity index (χ4n) is 4.24. The van der Waals surface area contributed by atoms with Crippen LogP contribution in [0.25, 0.3) is 21.1 Å². The van der Waals surface area contributed by atoms with Gasteiger partial charge in [0.15, 0.2) is 0 Å². The minimum absolute atomic E-state index is 0.000298. The number of carbonyl (C=O) groups is 1. The number of nitrogens with one attached hydrogen (secondary N) is 1. The first kappa shape index (κ1) is 20.1. The number of likely N-dealkylation sites (tertiary alicyclic amines) is 1. The standard InChI is InChI=1S/C23H29N3O2S/c1-3-18-7-4-5-11-26(18)12-6-10-24-22(27)21-15-17-13-16-14-19(28-2)8-9-20(16)25-23(17)29-21/h8-9,13-15,18H,3-7,10-12H2,1-2H3,(H,24,27). The molecule has 4 rings (SSSR count). The topological polar surface area (TPSA) is 54.5 Å². The normalized spacial score (nSPS) is 17.7. The van der Waals surface area contributed by atoms with Gasteiger partial charge in [0.05, 0.1) is 17.5 Å². The van der Waals surface area contributed by atoms with Crippen molar-refractivity contribution in [3.05, 3.63) is 35.2 Å². The van der Waals surface area contributed by atoms with E-state index in [1.807, 2.05) is 24.3 Å². The van der Waals surface area contributed by atoms with Gasteiger partial charge >= 0.3 is 0 Å². The Bertz CT molecular complexity index is 1000. The van der Waals surface area contributed by atoms with E-state index < -0.39 is 0 Å². The molecule has 0 bridgehead atoms. The summed E-state index contributed by atoms with van der Waals surface area (Å²) in [6, 6.07) is 10.6. The van der Waals surface area contributed by atoms with Crippen LogP contribution in [-0.2, 0) is 0 Å². The number of piperidine rings is 1. The number of benzene rings is 1. The predicted molar refractivity (Wildman–Crippen MR) is 120 cm³/mol. The summed E-state index contributed by atoms with van der Waals surface area (Å²) in [4.78, 5) is 21.5. The number of thiophene rings is 1. The third-order valence-corrected chi connectivity index (χ3v) is 6.90. The van der Waals surface area contributed by atoms with Crippen molar-refractivity contribution in [1.82, 2.24) is 15.2 Å². The van der Waals surface area contributed by atoms with Gasteiger partial charge in [-0.05, 0) is 62.6 Å². The van der Waals surface area contributed by atoms with Gasteiger partial charge in [-0.15, -0.1) is 11.3 Å². The largest absolute Gasteiger partial charge is 0.497 e. The molecular weight excluding hydrogens is 382 g/mol. The molecule has 1 aromatic carbocycles. The van der Waals surface area contributed by atoms with Crippen LogP contribution in [0.3, 0.4) is 0 Å². The summed E-state index contributed by atoms with van der Waals surface area (Å²) in [7, 11) is 1.66. The fraction of sp³-hybridized carbons (Fsp3) is 0.478. The minimum atomic E-state index is 0.000298. The van der Waals surface area contributed by atoms with Crippen molar-refractivity contribution in [1.29, 1.82) is 0 Å². The molecule has 1 atom stereocenters. The molecule has 154 valence electrons. The number of nitrogens with zero attached hydrogens (tertiary/aromatic N) is 2. The van der Waals surface area contributed by atoms with Gasteiger partial charge < -0.3 is 15.0 Å². The van der Waals surface area contributed by atoms with Crippen LogP contribution < -0.4 is 10.1 Å². The summed E-state index contributed by atoms with van der Waals surface area (Å²) in [6.07, 6.45) is 6.19. The van der Waals surface area contributed by atoms with E-state index in [0.29, 0.717) is 6.54 Å². The van der Waals surface area contributed by atoms with E-state index in [-0.39, 0.29) is 5.91 Å². The van der Waals surface area contributed by atoms with E-state index in [1.165, 1.54) is 43.6 Å². The molecule has 0 saturated carbocycles. The second-order valence-electron chi connectivity index (χ2n) is 7.76. The van der Waals surface area contributed by atoms with E-state index in [0.717, 1.165) is 50.8 Å². The number of aromatic nitrogens is 1. The number of fused-ring (bicyclic) bond motifs is 2. The van der Waals surface area contributed by atoms with Crippen molar-refractivity contribution < 1.29 is 9.53 Å². The van der Waals surface area contributed by atoms with Crippen LogP contribution in [0.4, 0.5) is 0 Å². The van der Waals surface area contributed by atoms with Gasteiger partial charge in [-0.25, -0.2) is 4.98 Å². The minimum Gasteiger partial charge on any atom is -0.497 e. The Morgan fingerprint density at radius 3 is 3.00 bits per heavy atom. The molecule has 3 aromatic rings. The molecule has 1 saturated heterocycles. The van der Waals surface area contributed by atoms with Gasteiger partial charge in [0, 0.05) is 29.9 Å². The summed E-state index contributed by atoms with van der Waals surface area (Å²) in [5.74, 6) is 0.811. The maximum absolute atomic E-state index is 12.6. The van der Waals surface area contributed by atoms with E-state index in [1.54, 1.807) is 7.11 Å². The number of carbonyl (C=O) groups excluding carboxylic acids is 1. The summed E-state index contributed by atoms with van der Waals surface area (Å²) in [5, 5.41) is 5.11. The lowest BCUT2D eigenvalue weighted by atomic mass is 10.00. The molecule has 1 aliphatic heterocycles. The Balaban J connectivity index is 1.37. The van der Waals surface area contributed by atoms with Crippen LogP contribution >= 0.6 is 11.3 Å². The molecule has 6 heteroatoms. The molecule has 1 amide bonds. The Kier molecular flexibility index (Phi) is 6.31. The van der Waals surface area contributed by atoms with E-state index >= 15 is 0 Å². The zero-order valence-electron chi connectivity index (χ0n) is 17.2. The first-order chi connectivity index (χ1) is 14.2. The summed E-state index contributed by atoms with van der Waals surface area (Å²) >= 11 is 1.46. The maximum Gasteiger partial charge on any atom is 0.261 e. The lowest BCUT2D eigenvalue weighted by Gasteiger charge is -2.35. The molecule has 29 heavy (non-hydrogen) atoms. The third kappa shape index (κ3) is 4.54. The molecule has 1 fully saturated rings. The molecule has 2 aromatic heterocycles. The van der Waals surface area contributed by atoms with Crippen molar-refractivity contribution in [3.8, 4) is 5.75 Å². The van der Waals surface area contributed by atoms with Crippen LogP contribution in [-0.4, -0.2) is 48.6 Å². The Morgan fingerprint density at radius 1 is 1.28 bits per heavy atom. The van der Waals surface area contributed by atoms with E-state index in [9.17, 15) is 4.79 Å². The molecule has 3 heterocycles. The lowest BCUT2D eigenvalue weighted by molar-refractivity contribution is 0.0951. The fourth-order valence-corrected chi connectivity index (χ4v) is 5.18. The maximum atomic E-state index is 12.6. The number of methoxy groups -OCH3 is 1. The monoisotopic (exact) mass is 411 g/mol. The average molecular weight is 412 g/mol. The molecule has 1 aliphatic rings. The summed E-state index contributed by atoms with van der Waals surface area (Å²) < 4.78 is 5.30. The number of hydrogen-bond acceptors (Lipinski definition) is 5. The molecular formula is C23H29N3O2S. The van der Waals surface area contributed by atoms with Crippen LogP contribution in [0.5, 0.6) is 5.75 Å². The van der Waals surface area contributed by atoms with Crippen LogP contribution in [0.2, 0.25) is 0 Å². The van der Waals surface area contributed by atoms with Crippen molar-refractivity contribution in [3.63, 3.8) is 0 Å². The van der Waals surface area contributed by atoms with Gasteiger partial charge in [-0.1, -0.05) is 13.3 Å². The number of amides is 1. The highest BCUT2D eigenvalue weighted by Gasteiger charge is 2.20. The molecule has 1 N–H and O–H groups in total. The molecule has 5 nitrogen and oxygen atoms in total. The van der Waals surface area contributed by atoms with Gasteiger partial charge in [-0.3, -0.25) is 4.79 Å².